The summed E-state index contributed by atoms with van der Waals surface area (Å²) in [5, 5.41) is 0.923. The highest BCUT2D eigenvalue weighted by Gasteiger charge is 2.36. The molecule has 1 aliphatic rings. The van der Waals surface area contributed by atoms with E-state index in [-0.39, 0.29) is 37.1 Å². The van der Waals surface area contributed by atoms with Crippen LogP contribution in [0.3, 0.4) is 0 Å². The molecule has 8 nitrogen and oxygen atoms in total. The summed E-state index contributed by atoms with van der Waals surface area (Å²) in [6.07, 6.45) is 3.43. The quantitative estimate of drug-likeness (QED) is 0.0893. The predicted octanol–water partition coefficient (Wildman–Crippen LogP) is 8.98. The second-order valence-electron chi connectivity index (χ2n) is 15.5. The first-order valence-electron chi connectivity index (χ1n) is 18.3. The zero-order valence-electron chi connectivity index (χ0n) is 31.3. The highest BCUT2D eigenvalue weighted by atomic mass is 19.1. The number of hydrogen-bond donors (Lipinski definition) is 0. The summed E-state index contributed by atoms with van der Waals surface area (Å²) in [4.78, 5) is 47.1. The largest absolute Gasteiger partial charge is 0.460 e. The number of esters is 1. The van der Waals surface area contributed by atoms with Gasteiger partial charge in [0.1, 0.15) is 12.2 Å². The summed E-state index contributed by atoms with van der Waals surface area (Å²) in [6.45, 7) is 9.99. The SMILES string of the molecule is CC(C)C[C@H](CC(=O)[C@H](Cc1cn(Cc2ccc(F)nc2)c2ccccc12)N(C)C(=O)OCC1c2ccccc2-c2ccccc21)C(=O)OC(C)(C)C. The third-order valence-corrected chi connectivity index (χ3v) is 9.83. The zero-order valence-corrected chi connectivity index (χ0v) is 31.3. The Kier molecular flexibility index (Phi) is 11.1. The number of amides is 1. The van der Waals surface area contributed by atoms with Crippen LogP contribution in [0.4, 0.5) is 9.18 Å². The molecule has 1 aliphatic carbocycles. The number of Topliss-reactive ketones (excluding diaryl/α,β-unsaturated/α-hetero) is 1. The van der Waals surface area contributed by atoms with Crippen molar-refractivity contribution in [1.29, 1.82) is 0 Å². The number of ketones is 1. The number of nitrogens with zero attached hydrogens (tertiary/aromatic N) is 3. The van der Waals surface area contributed by atoms with Gasteiger partial charge in [0, 0.05) is 55.6 Å². The molecule has 0 aliphatic heterocycles. The van der Waals surface area contributed by atoms with Gasteiger partial charge in [-0.3, -0.25) is 9.59 Å². The van der Waals surface area contributed by atoms with Gasteiger partial charge >= 0.3 is 12.1 Å². The van der Waals surface area contributed by atoms with Crippen molar-refractivity contribution in [2.45, 2.75) is 78.0 Å². The first-order valence-corrected chi connectivity index (χ1v) is 18.3. The zero-order chi connectivity index (χ0) is 37.9. The molecular weight excluding hydrogens is 669 g/mol. The molecule has 2 aromatic heterocycles. The van der Waals surface area contributed by atoms with Gasteiger partial charge in [0.15, 0.2) is 5.78 Å². The number of ether oxygens (including phenoxy) is 2. The standard InChI is InChI=1S/C44H48FN3O5/c1-28(2)21-30(42(50)53-44(3,4)5)23-40(49)39(22-31-26-48(38-18-12-11-13-32(31)38)25-29-19-20-41(45)46-24-29)47(6)43(51)52-27-37-35-16-9-7-14-33(35)34-15-8-10-17-36(34)37/h7-20,24,26,28,30,37,39H,21-23,25,27H2,1-6H3/t30-,39+/m1/s1. The molecule has 53 heavy (non-hydrogen) atoms. The molecule has 0 saturated heterocycles. The third kappa shape index (κ3) is 8.67. The van der Waals surface area contributed by atoms with Crippen molar-refractivity contribution in [1.82, 2.24) is 14.5 Å². The molecule has 276 valence electrons. The number of halogens is 1. The van der Waals surface area contributed by atoms with Crippen LogP contribution in [0, 0.1) is 17.8 Å². The molecule has 0 saturated carbocycles. The fourth-order valence-electron chi connectivity index (χ4n) is 7.41. The van der Waals surface area contributed by atoms with Crippen LogP contribution in [0.1, 0.15) is 75.6 Å². The van der Waals surface area contributed by atoms with Gasteiger partial charge in [-0.05, 0) is 78.6 Å². The van der Waals surface area contributed by atoms with Gasteiger partial charge in [-0.15, -0.1) is 0 Å². The van der Waals surface area contributed by atoms with Crippen molar-refractivity contribution in [3.8, 4) is 11.1 Å². The van der Waals surface area contributed by atoms with E-state index in [1.165, 1.54) is 17.2 Å². The van der Waals surface area contributed by atoms with Gasteiger partial charge in [0.25, 0.3) is 0 Å². The van der Waals surface area contributed by atoms with Crippen molar-refractivity contribution >= 4 is 28.7 Å². The number of likely N-dealkylation sites (N-methyl/N-ethyl adjacent to an activating group) is 1. The van der Waals surface area contributed by atoms with E-state index in [9.17, 15) is 18.8 Å². The van der Waals surface area contributed by atoms with E-state index in [2.05, 4.69) is 29.2 Å². The average Bonchev–Trinajstić information content (AvgIpc) is 3.63. The van der Waals surface area contributed by atoms with E-state index < -0.39 is 35.6 Å². The van der Waals surface area contributed by atoms with Crippen LogP contribution in [0.5, 0.6) is 0 Å². The molecule has 3 aromatic carbocycles. The first-order chi connectivity index (χ1) is 25.3. The van der Waals surface area contributed by atoms with E-state index in [4.69, 9.17) is 9.47 Å². The van der Waals surface area contributed by atoms with Crippen LogP contribution in [0.15, 0.2) is 97.3 Å². The predicted molar refractivity (Wildman–Crippen MR) is 204 cm³/mol. The molecule has 0 N–H and O–H groups in total. The second kappa shape index (κ2) is 15.7. The second-order valence-corrected chi connectivity index (χ2v) is 15.5. The third-order valence-electron chi connectivity index (χ3n) is 9.83. The molecule has 1 amide bonds. The number of carbonyl (C=O) groups is 3. The Morgan fingerprint density at radius 3 is 2.17 bits per heavy atom. The summed E-state index contributed by atoms with van der Waals surface area (Å²) < 4.78 is 27.4. The molecule has 0 fully saturated rings. The summed E-state index contributed by atoms with van der Waals surface area (Å²) in [5.41, 5.74) is 6.31. The molecular formula is C44H48FN3O5. The Morgan fingerprint density at radius 2 is 1.55 bits per heavy atom. The highest BCUT2D eigenvalue weighted by molar-refractivity contribution is 5.92. The Labute approximate surface area is 310 Å². The van der Waals surface area contributed by atoms with Crippen LogP contribution in [-0.2, 0) is 32.0 Å². The number of benzene rings is 3. The van der Waals surface area contributed by atoms with E-state index in [0.29, 0.717) is 13.0 Å². The van der Waals surface area contributed by atoms with Gasteiger partial charge in [-0.25, -0.2) is 9.78 Å². The van der Waals surface area contributed by atoms with Gasteiger partial charge in [-0.1, -0.05) is 86.6 Å². The Hall–Kier alpha value is -5.31. The molecule has 0 radical (unpaired) electrons. The number of carbonyl (C=O) groups excluding carboxylic acids is 3. The molecule has 0 unspecified atom stereocenters. The minimum absolute atomic E-state index is 0.0847. The highest BCUT2D eigenvalue weighted by Crippen LogP contribution is 2.44. The van der Waals surface area contributed by atoms with Crippen molar-refractivity contribution in [3.63, 3.8) is 0 Å². The smallest absolute Gasteiger partial charge is 0.410 e. The number of pyridine rings is 1. The van der Waals surface area contributed by atoms with Crippen LogP contribution >= 0.6 is 0 Å². The first kappa shape index (κ1) is 37.4. The molecule has 0 bridgehead atoms. The van der Waals surface area contributed by atoms with E-state index in [1.54, 1.807) is 13.1 Å². The Morgan fingerprint density at radius 1 is 0.906 bits per heavy atom. The fraction of sp³-hybridized carbons (Fsp3) is 0.364. The molecule has 2 heterocycles. The average molecular weight is 718 g/mol. The number of aromatic nitrogens is 2. The maximum absolute atomic E-state index is 14.5. The lowest BCUT2D eigenvalue weighted by molar-refractivity contribution is -0.162. The van der Waals surface area contributed by atoms with Crippen LogP contribution < -0.4 is 0 Å². The number of hydrogen-bond acceptors (Lipinski definition) is 6. The van der Waals surface area contributed by atoms with Gasteiger partial charge in [-0.2, -0.15) is 4.39 Å². The maximum atomic E-state index is 14.5. The van der Waals surface area contributed by atoms with Crippen LogP contribution in [0.25, 0.3) is 22.0 Å². The summed E-state index contributed by atoms with van der Waals surface area (Å²) in [7, 11) is 1.59. The fourth-order valence-corrected chi connectivity index (χ4v) is 7.41. The van der Waals surface area contributed by atoms with Crippen LogP contribution in [-0.4, -0.2) is 57.6 Å². The van der Waals surface area contributed by atoms with Gasteiger partial charge in [0.2, 0.25) is 5.95 Å². The van der Waals surface area contributed by atoms with E-state index >= 15 is 0 Å². The summed E-state index contributed by atoms with van der Waals surface area (Å²) >= 11 is 0. The molecule has 6 rings (SSSR count). The minimum atomic E-state index is -0.936. The Balaban J connectivity index is 1.30. The maximum Gasteiger partial charge on any atom is 0.410 e. The molecule has 2 atom stereocenters. The van der Waals surface area contributed by atoms with Crippen molar-refractivity contribution < 1.29 is 28.2 Å². The minimum Gasteiger partial charge on any atom is -0.460 e. The van der Waals surface area contributed by atoms with Crippen molar-refractivity contribution in [3.05, 3.63) is 126 Å². The van der Waals surface area contributed by atoms with Crippen LogP contribution in [0.2, 0.25) is 0 Å². The molecule has 9 heteroatoms. The van der Waals surface area contributed by atoms with Crippen molar-refractivity contribution in [2.24, 2.45) is 11.8 Å². The lowest BCUT2D eigenvalue weighted by Crippen LogP contribution is -2.45. The number of para-hydroxylation sites is 1. The summed E-state index contributed by atoms with van der Waals surface area (Å²) in [6, 6.07) is 26.2. The molecule has 5 aromatic rings. The summed E-state index contributed by atoms with van der Waals surface area (Å²) in [5.74, 6) is -1.91. The number of fused-ring (bicyclic) bond motifs is 4. The molecule has 0 spiro atoms. The van der Waals surface area contributed by atoms with Crippen molar-refractivity contribution in [2.75, 3.05) is 13.7 Å². The topological polar surface area (TPSA) is 90.7 Å². The monoisotopic (exact) mass is 717 g/mol. The number of rotatable bonds is 13. The van der Waals surface area contributed by atoms with E-state index in [0.717, 1.165) is 44.3 Å². The van der Waals surface area contributed by atoms with E-state index in [1.807, 2.05) is 93.9 Å². The lowest BCUT2D eigenvalue weighted by Gasteiger charge is -2.29. The van der Waals surface area contributed by atoms with Gasteiger partial charge in [0.05, 0.1) is 12.0 Å². The lowest BCUT2D eigenvalue weighted by atomic mass is 9.88. The normalized spacial score (nSPS) is 13.7. The van der Waals surface area contributed by atoms with Gasteiger partial charge < -0.3 is 18.9 Å². The Bertz CT molecular complexity index is 2050.